The average Bonchev–Trinajstić information content (AvgIpc) is 2.67. The van der Waals surface area contributed by atoms with Crippen molar-refractivity contribution < 1.29 is 14.6 Å². The second kappa shape index (κ2) is 9.98. The summed E-state index contributed by atoms with van der Waals surface area (Å²) in [5, 5.41) is 9.82. The molecule has 1 saturated heterocycles. The molecule has 0 aromatic rings. The highest BCUT2D eigenvalue weighted by atomic mass is 16.6. The summed E-state index contributed by atoms with van der Waals surface area (Å²) < 4.78 is 5.03. The Morgan fingerprint density at radius 3 is 2.35 bits per heavy atom. The summed E-state index contributed by atoms with van der Waals surface area (Å²) in [6.45, 7) is 3.97. The third-order valence-corrected chi connectivity index (χ3v) is 4.02. The summed E-state index contributed by atoms with van der Waals surface area (Å²) in [4.78, 5) is 11.5. The van der Waals surface area contributed by atoms with Crippen LogP contribution in [-0.4, -0.2) is 23.3 Å². The van der Waals surface area contributed by atoms with Crippen LogP contribution in [0.1, 0.15) is 71.6 Å². The molecular formula is C17H30O3. The van der Waals surface area contributed by atoms with Crippen molar-refractivity contribution in [3.05, 3.63) is 12.2 Å². The molecule has 0 saturated carbocycles. The molecule has 20 heavy (non-hydrogen) atoms. The minimum absolute atomic E-state index is 0.219. The number of esters is 1. The van der Waals surface area contributed by atoms with Crippen LogP contribution in [0.4, 0.5) is 0 Å². The van der Waals surface area contributed by atoms with E-state index in [1.54, 1.807) is 6.92 Å². The number of carbonyl (C=O) groups excluding carboxylic acids is 1. The van der Waals surface area contributed by atoms with E-state index < -0.39 is 6.10 Å². The molecule has 0 amide bonds. The molecule has 0 aromatic carbocycles. The first-order chi connectivity index (χ1) is 9.66. The van der Waals surface area contributed by atoms with Crippen molar-refractivity contribution in [2.75, 3.05) is 0 Å². The molecule has 0 radical (unpaired) electrons. The quantitative estimate of drug-likeness (QED) is 0.374. The van der Waals surface area contributed by atoms with Gasteiger partial charge in [0.25, 0.3) is 0 Å². The van der Waals surface area contributed by atoms with Crippen LogP contribution in [0.25, 0.3) is 0 Å². The smallest absolute Gasteiger partial charge is 0.312 e. The van der Waals surface area contributed by atoms with Gasteiger partial charge in [-0.2, -0.15) is 0 Å². The first kappa shape index (κ1) is 17.2. The van der Waals surface area contributed by atoms with Crippen molar-refractivity contribution in [3.63, 3.8) is 0 Å². The number of cyclic esters (lactones) is 1. The van der Waals surface area contributed by atoms with Gasteiger partial charge in [-0.3, -0.25) is 4.79 Å². The van der Waals surface area contributed by atoms with E-state index in [4.69, 9.17) is 4.74 Å². The van der Waals surface area contributed by atoms with Crippen LogP contribution in [0.2, 0.25) is 0 Å². The average molecular weight is 282 g/mol. The fourth-order valence-electron chi connectivity index (χ4n) is 2.63. The Labute approximate surface area is 123 Å². The highest BCUT2D eigenvalue weighted by molar-refractivity contribution is 5.75. The van der Waals surface area contributed by atoms with Gasteiger partial charge in [0.2, 0.25) is 0 Å². The molecule has 0 aliphatic carbocycles. The first-order valence-electron chi connectivity index (χ1n) is 8.20. The summed E-state index contributed by atoms with van der Waals surface area (Å²) in [6.07, 6.45) is 13.9. The topological polar surface area (TPSA) is 46.5 Å². The van der Waals surface area contributed by atoms with E-state index in [1.807, 2.05) is 0 Å². The molecular weight excluding hydrogens is 252 g/mol. The Balaban J connectivity index is 1.97. The number of rotatable bonds is 10. The molecule has 1 aliphatic rings. The molecule has 1 aliphatic heterocycles. The number of allylic oxidation sites excluding steroid dienone is 2. The largest absolute Gasteiger partial charge is 0.460 e. The lowest BCUT2D eigenvalue weighted by Gasteiger charge is -2.11. The maximum atomic E-state index is 11.5. The van der Waals surface area contributed by atoms with Crippen LogP contribution in [0.15, 0.2) is 12.2 Å². The third kappa shape index (κ3) is 6.08. The van der Waals surface area contributed by atoms with Crippen molar-refractivity contribution >= 4 is 5.97 Å². The Morgan fingerprint density at radius 2 is 1.75 bits per heavy atom. The summed E-state index contributed by atoms with van der Waals surface area (Å²) >= 11 is 0. The predicted molar refractivity (Wildman–Crippen MR) is 81.4 cm³/mol. The van der Waals surface area contributed by atoms with Gasteiger partial charge in [-0.25, -0.2) is 0 Å². The van der Waals surface area contributed by atoms with Crippen LogP contribution >= 0.6 is 0 Å². The van der Waals surface area contributed by atoms with Gasteiger partial charge >= 0.3 is 5.97 Å². The lowest BCUT2D eigenvalue weighted by molar-refractivity contribution is -0.143. The molecule has 1 N–H and O–H groups in total. The van der Waals surface area contributed by atoms with Crippen LogP contribution < -0.4 is 0 Å². The van der Waals surface area contributed by atoms with Gasteiger partial charge in [-0.05, 0) is 32.6 Å². The van der Waals surface area contributed by atoms with E-state index in [0.717, 1.165) is 25.7 Å². The number of unbranched alkanes of at least 4 members (excludes halogenated alkanes) is 6. The minimum Gasteiger partial charge on any atom is -0.460 e. The molecule has 1 rings (SSSR count). The van der Waals surface area contributed by atoms with Crippen LogP contribution in [0.5, 0.6) is 0 Å². The predicted octanol–water partition coefficient (Wildman–Crippen LogP) is 4.00. The standard InChI is InChI=1S/C17H30O3/c1-3-4-5-6-7-8-9-10-11-12-13-15-16(18)14(2)20-17(15)19/h6-7,14-16,18H,3-5,8-13H2,1-2H3/b7-6-/t14-,15-,16+/m1/s1. The normalized spacial score (nSPS) is 26.4. The fraction of sp³-hybridized carbons (Fsp3) is 0.824. The Hall–Kier alpha value is -0.830. The molecule has 0 spiro atoms. The summed E-state index contributed by atoms with van der Waals surface area (Å²) in [5.74, 6) is -0.511. The second-order valence-corrected chi connectivity index (χ2v) is 5.84. The van der Waals surface area contributed by atoms with Gasteiger partial charge in [0.05, 0.1) is 5.92 Å². The molecule has 1 fully saturated rings. The number of hydrogen-bond acceptors (Lipinski definition) is 3. The summed E-state index contributed by atoms with van der Waals surface area (Å²) in [7, 11) is 0. The van der Waals surface area contributed by atoms with Crippen molar-refractivity contribution in [2.45, 2.75) is 83.8 Å². The molecule has 0 bridgehead atoms. The lowest BCUT2D eigenvalue weighted by atomic mass is 9.95. The van der Waals surface area contributed by atoms with Gasteiger partial charge < -0.3 is 9.84 Å². The molecule has 116 valence electrons. The van der Waals surface area contributed by atoms with E-state index >= 15 is 0 Å². The van der Waals surface area contributed by atoms with Gasteiger partial charge in [-0.15, -0.1) is 0 Å². The zero-order valence-corrected chi connectivity index (χ0v) is 13.0. The first-order valence-corrected chi connectivity index (χ1v) is 8.20. The highest BCUT2D eigenvalue weighted by Gasteiger charge is 2.40. The molecule has 1 heterocycles. The van der Waals surface area contributed by atoms with E-state index in [0.29, 0.717) is 0 Å². The number of ether oxygens (including phenoxy) is 1. The van der Waals surface area contributed by atoms with E-state index in [-0.39, 0.29) is 18.0 Å². The molecule has 0 unspecified atom stereocenters. The fourth-order valence-corrected chi connectivity index (χ4v) is 2.63. The van der Waals surface area contributed by atoms with Gasteiger partial charge in [0.15, 0.2) is 0 Å². The van der Waals surface area contributed by atoms with Gasteiger partial charge in [-0.1, -0.05) is 51.2 Å². The maximum Gasteiger partial charge on any atom is 0.312 e. The maximum absolute atomic E-state index is 11.5. The summed E-state index contributed by atoms with van der Waals surface area (Å²) in [5.41, 5.74) is 0. The number of carbonyl (C=O) groups is 1. The van der Waals surface area contributed by atoms with Crippen molar-refractivity contribution in [2.24, 2.45) is 5.92 Å². The lowest BCUT2D eigenvalue weighted by Crippen LogP contribution is -2.24. The Morgan fingerprint density at radius 1 is 1.10 bits per heavy atom. The zero-order chi connectivity index (χ0) is 14.8. The Bertz CT molecular complexity index is 299. The van der Waals surface area contributed by atoms with Crippen LogP contribution in [0, 0.1) is 5.92 Å². The number of aliphatic hydroxyl groups is 1. The minimum atomic E-state index is -0.607. The Kier molecular flexibility index (Phi) is 8.59. The van der Waals surface area contributed by atoms with E-state index in [2.05, 4.69) is 19.1 Å². The van der Waals surface area contributed by atoms with Crippen LogP contribution in [-0.2, 0) is 9.53 Å². The zero-order valence-electron chi connectivity index (χ0n) is 13.0. The third-order valence-electron chi connectivity index (χ3n) is 4.02. The highest BCUT2D eigenvalue weighted by Crippen LogP contribution is 2.26. The van der Waals surface area contributed by atoms with Crippen molar-refractivity contribution in [1.29, 1.82) is 0 Å². The van der Waals surface area contributed by atoms with Crippen LogP contribution in [0.3, 0.4) is 0 Å². The van der Waals surface area contributed by atoms with Crippen molar-refractivity contribution in [1.82, 2.24) is 0 Å². The van der Waals surface area contributed by atoms with E-state index in [1.165, 1.54) is 32.1 Å². The molecule has 3 heteroatoms. The molecule has 3 atom stereocenters. The SMILES string of the molecule is CCCC/C=C\CCCCCC[C@H]1C(=O)O[C@H](C)[C@@H]1O. The van der Waals surface area contributed by atoms with Crippen molar-refractivity contribution in [3.8, 4) is 0 Å². The van der Waals surface area contributed by atoms with Gasteiger partial charge in [0, 0.05) is 0 Å². The second-order valence-electron chi connectivity index (χ2n) is 5.84. The number of aliphatic hydroxyl groups excluding tert-OH is 1. The molecule has 0 aromatic heterocycles. The summed E-state index contributed by atoms with van der Waals surface area (Å²) in [6, 6.07) is 0. The van der Waals surface area contributed by atoms with E-state index in [9.17, 15) is 9.90 Å². The number of hydrogen-bond donors (Lipinski definition) is 1. The van der Waals surface area contributed by atoms with Gasteiger partial charge in [0.1, 0.15) is 12.2 Å². The molecule has 3 nitrogen and oxygen atoms in total. The monoisotopic (exact) mass is 282 g/mol.